The molecule has 1 unspecified atom stereocenters. The van der Waals surface area contributed by atoms with Crippen LogP contribution in [0.4, 0.5) is 10.5 Å². The Labute approximate surface area is 230 Å². The van der Waals surface area contributed by atoms with Gasteiger partial charge in [0.15, 0.2) is 0 Å². The van der Waals surface area contributed by atoms with E-state index in [4.69, 9.17) is 21.5 Å². The Balaban J connectivity index is 1.44. The van der Waals surface area contributed by atoms with Crippen molar-refractivity contribution < 1.29 is 14.7 Å². The van der Waals surface area contributed by atoms with Crippen molar-refractivity contribution >= 4 is 29.6 Å². The quantitative estimate of drug-likeness (QED) is 0.155. The van der Waals surface area contributed by atoms with Gasteiger partial charge in [-0.1, -0.05) is 41.0 Å². The largest absolute Gasteiger partial charge is 0.444 e. The van der Waals surface area contributed by atoms with Gasteiger partial charge < -0.3 is 19.5 Å². The fraction of sp³-hybridized carbons (Fsp3) is 0.241. The van der Waals surface area contributed by atoms with E-state index in [0.717, 1.165) is 28.9 Å². The number of amides is 1. The average molecular weight is 546 g/mol. The molecule has 0 saturated carbocycles. The van der Waals surface area contributed by atoms with Crippen LogP contribution in [0.25, 0.3) is 22.4 Å². The maximum absolute atomic E-state index is 13.4. The highest BCUT2D eigenvalue weighted by Gasteiger charge is 2.28. The van der Waals surface area contributed by atoms with Gasteiger partial charge in [0.05, 0.1) is 29.8 Å². The molecule has 0 bridgehead atoms. The van der Waals surface area contributed by atoms with Crippen molar-refractivity contribution in [1.82, 2.24) is 14.5 Å². The van der Waals surface area contributed by atoms with E-state index in [1.165, 1.54) is 6.21 Å². The van der Waals surface area contributed by atoms with E-state index >= 15 is 0 Å². The minimum atomic E-state index is -0.651. The lowest BCUT2D eigenvalue weighted by Crippen LogP contribution is -2.27. The first kappa shape index (κ1) is 26.2. The molecule has 1 aliphatic rings. The second kappa shape index (κ2) is 10.4. The summed E-state index contributed by atoms with van der Waals surface area (Å²) in [6, 6.07) is 15.9. The van der Waals surface area contributed by atoms with Crippen molar-refractivity contribution in [3.05, 3.63) is 93.3 Å². The van der Waals surface area contributed by atoms with Gasteiger partial charge >= 0.3 is 6.09 Å². The summed E-state index contributed by atoms with van der Waals surface area (Å²) in [4.78, 5) is 33.8. The summed E-state index contributed by atoms with van der Waals surface area (Å²) >= 11 is 6.29. The van der Waals surface area contributed by atoms with Gasteiger partial charge in [0.1, 0.15) is 11.4 Å². The second-order valence-corrected chi connectivity index (χ2v) is 10.8. The molecule has 9 nitrogen and oxygen atoms in total. The van der Waals surface area contributed by atoms with Gasteiger partial charge in [0.25, 0.3) is 5.56 Å². The molecule has 3 N–H and O–H groups in total. The number of rotatable bonds is 5. The van der Waals surface area contributed by atoms with Crippen molar-refractivity contribution in [2.75, 3.05) is 5.32 Å². The molecule has 2 aromatic carbocycles. The third-order valence-electron chi connectivity index (χ3n) is 6.40. The maximum atomic E-state index is 13.4. The van der Waals surface area contributed by atoms with E-state index in [0.29, 0.717) is 34.1 Å². The lowest BCUT2D eigenvalue weighted by Gasteiger charge is -2.21. The number of aryl methyl sites for hydroxylation is 1. The number of hydrogen-bond acceptors (Lipinski definition) is 6. The molecule has 0 fully saturated rings. The van der Waals surface area contributed by atoms with Crippen LogP contribution in [0.5, 0.6) is 0 Å². The minimum Gasteiger partial charge on any atom is -0.444 e. The number of nitrogens with zero attached hydrogens (tertiary/aromatic N) is 3. The van der Waals surface area contributed by atoms with E-state index in [9.17, 15) is 9.59 Å². The van der Waals surface area contributed by atoms with Crippen molar-refractivity contribution in [3.8, 4) is 22.4 Å². The van der Waals surface area contributed by atoms with Gasteiger partial charge in [-0.2, -0.15) is 0 Å². The number of ether oxygens (including phenoxy) is 1. The lowest BCUT2D eigenvalue weighted by molar-refractivity contribution is 0.0636. The Morgan fingerprint density at radius 2 is 1.95 bits per heavy atom. The zero-order valence-corrected chi connectivity index (χ0v) is 22.5. The molecule has 4 aromatic rings. The Morgan fingerprint density at radius 1 is 1.18 bits per heavy atom. The Hall–Kier alpha value is -4.37. The van der Waals surface area contributed by atoms with Gasteiger partial charge in [-0.15, -0.1) is 0 Å². The number of benzene rings is 2. The van der Waals surface area contributed by atoms with Crippen molar-refractivity contribution in [2.45, 2.75) is 45.3 Å². The predicted molar refractivity (Wildman–Crippen MR) is 151 cm³/mol. The molecule has 1 atom stereocenters. The Kier molecular flexibility index (Phi) is 7.01. The van der Waals surface area contributed by atoms with Gasteiger partial charge in [-0.05, 0) is 74.6 Å². The SMILES string of the molecule is CC(C)(C)OC(=O)Nc1ccc(Cl)cc1-c1cc2n(c(=O)c1)C(c1ncc(-c3ccc(/C=N\O)cc3)[nH]1)CC2. The number of carbonyl (C=O) groups excluding carboxylic acids is 1. The van der Waals surface area contributed by atoms with E-state index in [2.05, 4.69) is 20.4 Å². The number of imidazole rings is 1. The zero-order chi connectivity index (χ0) is 27.7. The number of carbonyl (C=O) groups is 1. The number of fused-ring (bicyclic) bond motifs is 1. The van der Waals surface area contributed by atoms with Crippen LogP contribution >= 0.6 is 11.6 Å². The summed E-state index contributed by atoms with van der Waals surface area (Å²) in [5, 5.41) is 15.0. The first-order valence-electron chi connectivity index (χ1n) is 12.5. The summed E-state index contributed by atoms with van der Waals surface area (Å²) in [5.41, 5.74) is 4.37. The first-order chi connectivity index (χ1) is 18.6. The molecule has 1 amide bonds. The van der Waals surface area contributed by atoms with Crippen LogP contribution < -0.4 is 10.9 Å². The zero-order valence-electron chi connectivity index (χ0n) is 21.7. The molecule has 200 valence electrons. The third-order valence-corrected chi connectivity index (χ3v) is 6.64. The van der Waals surface area contributed by atoms with Crippen LogP contribution in [0.3, 0.4) is 0 Å². The van der Waals surface area contributed by atoms with Crippen LogP contribution in [-0.4, -0.2) is 37.7 Å². The molecule has 0 spiro atoms. The van der Waals surface area contributed by atoms with Gasteiger partial charge in [0.2, 0.25) is 0 Å². The average Bonchev–Trinajstić information content (AvgIpc) is 3.52. The van der Waals surface area contributed by atoms with E-state index in [1.54, 1.807) is 55.8 Å². The highest BCUT2D eigenvalue weighted by atomic mass is 35.5. The molecule has 0 saturated heterocycles. The normalized spacial score (nSPS) is 14.9. The predicted octanol–water partition coefficient (Wildman–Crippen LogP) is 6.25. The smallest absolute Gasteiger partial charge is 0.412 e. The van der Waals surface area contributed by atoms with Crippen LogP contribution in [0.1, 0.15) is 50.3 Å². The molecule has 5 rings (SSSR count). The summed E-state index contributed by atoms with van der Waals surface area (Å²) in [6.45, 7) is 5.37. The van der Waals surface area contributed by atoms with Crippen molar-refractivity contribution in [1.29, 1.82) is 0 Å². The standard InChI is InChI=1S/C29H28ClN5O4/c1-29(2,3)39-28(37)34-23-10-8-20(30)14-22(23)19-12-21-9-11-25(35(21)26(36)13-19)27-31-16-24(33-27)18-6-4-17(5-7-18)15-32-38/h4-8,10,12-16,25,38H,9,11H2,1-3H3,(H,31,33)(H,34,37)/b32-15-. The van der Waals surface area contributed by atoms with Crippen LogP contribution in [-0.2, 0) is 11.2 Å². The van der Waals surface area contributed by atoms with Crippen LogP contribution in [0, 0.1) is 0 Å². The highest BCUT2D eigenvalue weighted by Crippen LogP contribution is 2.35. The Bertz CT molecular complexity index is 1620. The number of anilines is 1. The molecule has 10 heteroatoms. The first-order valence-corrected chi connectivity index (χ1v) is 12.9. The molecule has 2 aromatic heterocycles. The summed E-state index contributed by atoms with van der Waals surface area (Å²) in [6.07, 6.45) is 3.93. The van der Waals surface area contributed by atoms with E-state index in [-0.39, 0.29) is 11.6 Å². The number of hydrogen-bond donors (Lipinski definition) is 3. The molecule has 39 heavy (non-hydrogen) atoms. The van der Waals surface area contributed by atoms with E-state index in [1.807, 2.05) is 30.3 Å². The van der Waals surface area contributed by atoms with Gasteiger partial charge in [-0.3, -0.25) is 10.1 Å². The number of aromatic nitrogens is 3. The Morgan fingerprint density at radius 3 is 2.67 bits per heavy atom. The van der Waals surface area contributed by atoms with Gasteiger partial charge in [-0.25, -0.2) is 9.78 Å². The molecular formula is C29H28ClN5O4. The summed E-state index contributed by atoms with van der Waals surface area (Å²) < 4.78 is 7.16. The number of aromatic amines is 1. The van der Waals surface area contributed by atoms with Crippen molar-refractivity contribution in [2.24, 2.45) is 5.16 Å². The topological polar surface area (TPSA) is 122 Å². The van der Waals surface area contributed by atoms with E-state index < -0.39 is 11.7 Å². The number of pyridine rings is 1. The number of nitrogens with one attached hydrogen (secondary N) is 2. The lowest BCUT2D eigenvalue weighted by atomic mass is 10.0. The molecule has 0 aliphatic carbocycles. The third kappa shape index (κ3) is 5.73. The van der Waals surface area contributed by atoms with Crippen LogP contribution in [0.15, 0.2) is 70.7 Å². The number of oxime groups is 1. The second-order valence-electron chi connectivity index (χ2n) is 10.4. The number of H-pyrrole nitrogens is 1. The fourth-order valence-electron chi connectivity index (χ4n) is 4.76. The molecule has 0 radical (unpaired) electrons. The summed E-state index contributed by atoms with van der Waals surface area (Å²) in [5.74, 6) is 0.703. The maximum Gasteiger partial charge on any atom is 0.412 e. The van der Waals surface area contributed by atoms with Crippen molar-refractivity contribution in [3.63, 3.8) is 0 Å². The minimum absolute atomic E-state index is 0.168. The fourth-order valence-corrected chi connectivity index (χ4v) is 4.93. The highest BCUT2D eigenvalue weighted by molar-refractivity contribution is 6.31. The monoisotopic (exact) mass is 545 g/mol. The van der Waals surface area contributed by atoms with Gasteiger partial charge in [0, 0.05) is 22.3 Å². The number of halogens is 1. The summed E-state index contributed by atoms with van der Waals surface area (Å²) in [7, 11) is 0. The molecule has 1 aliphatic heterocycles. The molecular weight excluding hydrogens is 518 g/mol. The van der Waals surface area contributed by atoms with Crippen LogP contribution in [0.2, 0.25) is 5.02 Å². The molecule has 3 heterocycles.